The van der Waals surface area contributed by atoms with Crippen molar-refractivity contribution in [3.05, 3.63) is 40.7 Å². The van der Waals surface area contributed by atoms with Crippen LogP contribution < -0.4 is 10.3 Å². The van der Waals surface area contributed by atoms with E-state index in [4.69, 9.17) is 0 Å². The van der Waals surface area contributed by atoms with Crippen molar-refractivity contribution in [2.24, 2.45) is 5.10 Å². The molecular formula is C20H26F3N7O. The van der Waals surface area contributed by atoms with Gasteiger partial charge in [-0.15, -0.1) is 0 Å². The lowest BCUT2D eigenvalue weighted by molar-refractivity contribution is -0.138. The molecule has 0 saturated carbocycles. The van der Waals surface area contributed by atoms with Gasteiger partial charge in [0.25, 0.3) is 5.91 Å². The summed E-state index contributed by atoms with van der Waals surface area (Å²) in [6.45, 7) is 7.86. The first-order valence-corrected chi connectivity index (χ1v) is 10.00. The number of nitrogens with zero attached hydrogens (tertiary/aromatic N) is 5. The Kier molecular flexibility index (Phi) is 6.94. The molecular weight excluding hydrogens is 411 g/mol. The lowest BCUT2D eigenvalue weighted by Crippen LogP contribution is -2.52. The molecule has 1 amide bonds. The maximum Gasteiger partial charge on any atom is 0.390 e. The number of piperazine rings is 1. The van der Waals surface area contributed by atoms with Gasteiger partial charge in [-0.3, -0.25) is 9.69 Å². The molecule has 0 unspecified atom stereocenters. The van der Waals surface area contributed by atoms with Crippen molar-refractivity contribution in [2.45, 2.75) is 39.4 Å². The third-order valence-electron chi connectivity index (χ3n) is 5.42. The van der Waals surface area contributed by atoms with Gasteiger partial charge in [-0.05, 0) is 43.5 Å². The van der Waals surface area contributed by atoms with Crippen molar-refractivity contribution >= 4 is 17.8 Å². The fourth-order valence-electron chi connectivity index (χ4n) is 3.65. The topological polar surface area (TPSA) is 89.5 Å². The van der Waals surface area contributed by atoms with Crippen molar-refractivity contribution in [3.63, 3.8) is 0 Å². The normalized spacial score (nSPS) is 18.0. The molecule has 1 fully saturated rings. The minimum atomic E-state index is -4.13. The molecule has 11 heteroatoms. The highest BCUT2D eigenvalue weighted by Crippen LogP contribution is 2.29. The Labute approximate surface area is 178 Å². The van der Waals surface area contributed by atoms with Crippen LogP contribution >= 0.6 is 0 Å². The molecule has 0 aliphatic carbocycles. The Morgan fingerprint density at radius 1 is 1.35 bits per heavy atom. The number of aryl methyl sites for hydroxylation is 1. The van der Waals surface area contributed by atoms with Crippen LogP contribution in [0.5, 0.6) is 0 Å². The number of alkyl halides is 3. The minimum Gasteiger partial charge on any atom is -0.366 e. The van der Waals surface area contributed by atoms with E-state index in [0.717, 1.165) is 22.4 Å². The van der Waals surface area contributed by atoms with E-state index in [1.54, 1.807) is 6.21 Å². The van der Waals surface area contributed by atoms with Gasteiger partial charge in [-0.25, -0.2) is 5.43 Å². The van der Waals surface area contributed by atoms with Gasteiger partial charge >= 0.3 is 6.18 Å². The minimum absolute atomic E-state index is 0.0254. The maximum absolute atomic E-state index is 12.5. The maximum atomic E-state index is 12.5. The molecule has 8 nitrogen and oxygen atoms in total. The molecule has 0 spiro atoms. The average molecular weight is 437 g/mol. The Balaban J connectivity index is 1.68. The molecule has 2 heterocycles. The number of hydrogen-bond acceptors (Lipinski definition) is 6. The summed E-state index contributed by atoms with van der Waals surface area (Å²) < 4.78 is 37.6. The Bertz CT molecular complexity index is 928. The van der Waals surface area contributed by atoms with Crippen LogP contribution in [0.3, 0.4) is 0 Å². The fraction of sp³-hybridized carbons (Fsp3) is 0.500. The number of nitrogens with one attached hydrogen (secondary N) is 2. The number of benzene rings is 1. The first kappa shape index (κ1) is 22.7. The van der Waals surface area contributed by atoms with Crippen molar-refractivity contribution in [1.29, 1.82) is 0 Å². The van der Waals surface area contributed by atoms with Crippen LogP contribution in [0, 0.1) is 13.8 Å². The Morgan fingerprint density at radius 2 is 2.13 bits per heavy atom. The number of carbonyl (C=O) groups is 1. The summed E-state index contributed by atoms with van der Waals surface area (Å²) in [7, 11) is 0. The molecule has 1 aliphatic heterocycles. The van der Waals surface area contributed by atoms with Crippen LogP contribution in [0.4, 0.5) is 18.9 Å². The standard InChI is InChI=1S/C20H26F3N7O/c1-13-8-16(10-24-27-19(31)17-11-25-28-26-17)9-18(15(13)3)30-7-6-29(12-14(30)2)5-4-20(21,22)23/h8-11,14H,4-7,12H2,1-3H3,(H,27,31)(H,25,26,28)/b24-10+/t14-/m1/s1. The SMILES string of the molecule is Cc1cc(/C=N/NC(=O)c2cn[nH]n2)cc(N2CCN(CCC(F)(F)F)C[C@H]2C)c1C. The number of halogens is 3. The molecule has 1 aromatic carbocycles. The molecule has 31 heavy (non-hydrogen) atoms. The van der Waals surface area contributed by atoms with E-state index in [1.165, 1.54) is 6.20 Å². The largest absolute Gasteiger partial charge is 0.390 e. The van der Waals surface area contributed by atoms with Crippen LogP contribution in [0.25, 0.3) is 0 Å². The molecule has 2 aromatic rings. The Morgan fingerprint density at radius 3 is 2.77 bits per heavy atom. The molecule has 3 rings (SSSR count). The lowest BCUT2D eigenvalue weighted by atomic mass is 10.0. The first-order valence-electron chi connectivity index (χ1n) is 10.00. The Hall–Kier alpha value is -2.95. The van der Waals surface area contributed by atoms with Gasteiger partial charge in [0.1, 0.15) is 0 Å². The van der Waals surface area contributed by atoms with Crippen LogP contribution in [0.15, 0.2) is 23.4 Å². The van der Waals surface area contributed by atoms with Gasteiger partial charge in [-0.2, -0.15) is 33.7 Å². The molecule has 1 saturated heterocycles. The summed E-state index contributed by atoms with van der Waals surface area (Å²) >= 11 is 0. The zero-order chi connectivity index (χ0) is 22.6. The third kappa shape index (κ3) is 6.03. The molecule has 1 aliphatic rings. The summed E-state index contributed by atoms with van der Waals surface area (Å²) in [5, 5.41) is 13.6. The smallest absolute Gasteiger partial charge is 0.366 e. The number of hydrogen-bond donors (Lipinski definition) is 2. The van der Waals surface area contributed by atoms with Crippen LogP contribution in [0.2, 0.25) is 0 Å². The zero-order valence-corrected chi connectivity index (χ0v) is 17.7. The number of anilines is 1. The first-order chi connectivity index (χ1) is 14.6. The monoisotopic (exact) mass is 437 g/mol. The number of H-pyrrole nitrogens is 1. The van der Waals surface area contributed by atoms with Gasteiger partial charge in [0.2, 0.25) is 0 Å². The van der Waals surface area contributed by atoms with E-state index in [2.05, 4.69) is 30.8 Å². The highest BCUT2D eigenvalue weighted by Gasteiger charge is 2.31. The third-order valence-corrected chi connectivity index (χ3v) is 5.42. The quantitative estimate of drug-likeness (QED) is 0.536. The number of amides is 1. The molecule has 168 valence electrons. The van der Waals surface area contributed by atoms with E-state index in [0.29, 0.717) is 19.6 Å². The highest BCUT2D eigenvalue weighted by atomic mass is 19.4. The van der Waals surface area contributed by atoms with E-state index in [1.807, 2.05) is 37.8 Å². The van der Waals surface area contributed by atoms with Gasteiger partial charge < -0.3 is 4.90 Å². The summed E-state index contributed by atoms with van der Waals surface area (Å²) in [5.74, 6) is -0.474. The highest BCUT2D eigenvalue weighted by molar-refractivity contribution is 5.92. The van der Waals surface area contributed by atoms with Gasteiger partial charge in [-0.1, -0.05) is 6.07 Å². The fourth-order valence-corrected chi connectivity index (χ4v) is 3.65. The molecule has 0 radical (unpaired) electrons. The molecule has 2 N–H and O–H groups in total. The van der Waals surface area contributed by atoms with Crippen LogP contribution in [-0.4, -0.2) is 70.8 Å². The molecule has 1 atom stereocenters. The predicted octanol–water partition coefficient (Wildman–Crippen LogP) is 2.65. The summed E-state index contributed by atoms with van der Waals surface area (Å²) in [6.07, 6.45) is -2.07. The van der Waals surface area contributed by atoms with E-state index >= 15 is 0 Å². The lowest BCUT2D eigenvalue weighted by Gasteiger charge is -2.42. The van der Waals surface area contributed by atoms with Crippen molar-refractivity contribution in [3.8, 4) is 0 Å². The van der Waals surface area contributed by atoms with E-state index < -0.39 is 18.5 Å². The number of hydrazone groups is 1. The van der Waals surface area contributed by atoms with Crippen molar-refractivity contribution in [1.82, 2.24) is 25.7 Å². The second-order valence-corrected chi connectivity index (χ2v) is 7.74. The second kappa shape index (κ2) is 9.46. The second-order valence-electron chi connectivity index (χ2n) is 7.74. The zero-order valence-electron chi connectivity index (χ0n) is 17.7. The number of carbonyl (C=O) groups excluding carboxylic acids is 1. The van der Waals surface area contributed by atoms with E-state index in [-0.39, 0.29) is 18.3 Å². The van der Waals surface area contributed by atoms with Crippen molar-refractivity contribution < 1.29 is 18.0 Å². The average Bonchev–Trinajstić information content (AvgIpc) is 3.24. The van der Waals surface area contributed by atoms with E-state index in [9.17, 15) is 18.0 Å². The molecule has 0 bridgehead atoms. The van der Waals surface area contributed by atoms with Gasteiger partial charge in [0.05, 0.1) is 18.8 Å². The van der Waals surface area contributed by atoms with Crippen molar-refractivity contribution in [2.75, 3.05) is 31.1 Å². The summed E-state index contributed by atoms with van der Waals surface area (Å²) in [4.78, 5) is 16.0. The van der Waals surface area contributed by atoms with Gasteiger partial charge in [0.15, 0.2) is 5.69 Å². The predicted molar refractivity (Wildman–Crippen MR) is 111 cm³/mol. The summed E-state index contributed by atoms with van der Waals surface area (Å²) in [5.41, 5.74) is 6.54. The number of aromatic amines is 1. The molecule has 1 aromatic heterocycles. The summed E-state index contributed by atoms with van der Waals surface area (Å²) in [6, 6.07) is 4.02. The van der Waals surface area contributed by atoms with Crippen LogP contribution in [-0.2, 0) is 0 Å². The number of rotatable bonds is 6. The van der Waals surface area contributed by atoms with Crippen LogP contribution in [0.1, 0.15) is 40.5 Å². The number of aromatic nitrogens is 3. The van der Waals surface area contributed by atoms with Gasteiger partial charge in [0, 0.05) is 37.9 Å².